The van der Waals surface area contributed by atoms with Crippen LogP contribution in [0.3, 0.4) is 0 Å². The van der Waals surface area contributed by atoms with E-state index in [0.29, 0.717) is 18.0 Å². The lowest BCUT2D eigenvalue weighted by atomic mass is 9.97. The number of aryl methyl sites for hydroxylation is 1. The largest absolute Gasteiger partial charge is 0.479 e. The number of carbonyl (C=O) groups is 1. The van der Waals surface area contributed by atoms with Crippen LogP contribution in [0.2, 0.25) is 0 Å². The van der Waals surface area contributed by atoms with E-state index >= 15 is 0 Å². The van der Waals surface area contributed by atoms with Gasteiger partial charge in [0.25, 0.3) is 5.91 Å². The van der Waals surface area contributed by atoms with E-state index in [0.717, 1.165) is 12.0 Å². The number of ether oxygens (including phenoxy) is 1. The van der Waals surface area contributed by atoms with Crippen LogP contribution in [0.4, 0.5) is 5.69 Å². The van der Waals surface area contributed by atoms with Gasteiger partial charge in [-0.3, -0.25) is 4.79 Å². The molecule has 0 bridgehead atoms. The summed E-state index contributed by atoms with van der Waals surface area (Å²) in [6.07, 6.45) is 7.60. The number of nitrogens with two attached hydrogens (primary N) is 1. The van der Waals surface area contributed by atoms with Gasteiger partial charge in [-0.05, 0) is 63.6 Å². The Kier molecular flexibility index (Phi) is 5.87. The first kappa shape index (κ1) is 16.4. The summed E-state index contributed by atoms with van der Waals surface area (Å²) < 4.78 is 5.65. The third-order valence-corrected chi connectivity index (χ3v) is 3.97. The Labute approximate surface area is 132 Å². The smallest absolute Gasteiger partial charge is 0.260 e. The Morgan fingerprint density at radius 3 is 2.91 bits per heavy atom. The maximum absolute atomic E-state index is 12.1. The summed E-state index contributed by atoms with van der Waals surface area (Å²) >= 11 is 0. The van der Waals surface area contributed by atoms with E-state index < -0.39 is 6.10 Å². The van der Waals surface area contributed by atoms with Crippen LogP contribution in [0.1, 0.15) is 44.6 Å². The van der Waals surface area contributed by atoms with Gasteiger partial charge in [-0.1, -0.05) is 17.7 Å². The summed E-state index contributed by atoms with van der Waals surface area (Å²) in [6.45, 7) is 4.38. The predicted molar refractivity (Wildman–Crippen MR) is 89.9 cm³/mol. The first-order valence-electron chi connectivity index (χ1n) is 8.04. The van der Waals surface area contributed by atoms with Gasteiger partial charge in [-0.15, -0.1) is 0 Å². The highest BCUT2D eigenvalue weighted by Crippen LogP contribution is 2.23. The Hall–Kier alpha value is -1.97. The van der Waals surface area contributed by atoms with Crippen molar-refractivity contribution in [1.82, 2.24) is 5.32 Å². The number of nitrogens with one attached hydrogen (secondary N) is 1. The molecule has 0 saturated heterocycles. The number of hydrogen-bond donors (Lipinski definition) is 2. The first-order valence-corrected chi connectivity index (χ1v) is 8.04. The molecule has 1 aliphatic carbocycles. The van der Waals surface area contributed by atoms with Crippen LogP contribution in [-0.4, -0.2) is 18.6 Å². The molecule has 2 rings (SSSR count). The molecule has 0 saturated carbocycles. The zero-order valence-corrected chi connectivity index (χ0v) is 13.5. The summed E-state index contributed by atoms with van der Waals surface area (Å²) in [5.74, 6) is 0.458. The molecule has 4 heteroatoms. The fourth-order valence-electron chi connectivity index (χ4n) is 2.64. The molecule has 0 radical (unpaired) electrons. The van der Waals surface area contributed by atoms with Crippen molar-refractivity contribution in [2.75, 3.05) is 12.3 Å². The zero-order valence-electron chi connectivity index (χ0n) is 13.5. The number of benzene rings is 1. The van der Waals surface area contributed by atoms with Gasteiger partial charge in [0.2, 0.25) is 0 Å². The molecule has 4 nitrogen and oxygen atoms in total. The Bertz CT molecular complexity index is 552. The molecule has 1 aliphatic rings. The molecule has 0 fully saturated rings. The summed E-state index contributed by atoms with van der Waals surface area (Å²) in [5.41, 5.74) is 9.00. The number of allylic oxidation sites excluding steroid dienone is 1. The quantitative estimate of drug-likeness (QED) is 0.625. The van der Waals surface area contributed by atoms with Gasteiger partial charge in [0, 0.05) is 6.54 Å². The van der Waals surface area contributed by atoms with Gasteiger partial charge in [0.15, 0.2) is 6.10 Å². The fourth-order valence-corrected chi connectivity index (χ4v) is 2.64. The minimum absolute atomic E-state index is 0.101. The van der Waals surface area contributed by atoms with E-state index in [1.54, 1.807) is 13.0 Å². The lowest BCUT2D eigenvalue weighted by molar-refractivity contribution is -0.127. The average molecular weight is 302 g/mol. The molecule has 120 valence electrons. The Balaban J connectivity index is 1.78. The van der Waals surface area contributed by atoms with Gasteiger partial charge in [0.05, 0.1) is 5.69 Å². The second kappa shape index (κ2) is 7.87. The lowest BCUT2D eigenvalue weighted by Gasteiger charge is -2.17. The van der Waals surface area contributed by atoms with Gasteiger partial charge in [0.1, 0.15) is 5.75 Å². The van der Waals surface area contributed by atoms with Gasteiger partial charge >= 0.3 is 0 Å². The third kappa shape index (κ3) is 4.79. The van der Waals surface area contributed by atoms with Crippen molar-refractivity contribution < 1.29 is 9.53 Å². The minimum Gasteiger partial charge on any atom is -0.479 e. The number of rotatable bonds is 6. The molecule has 0 aromatic heterocycles. The molecule has 1 amide bonds. The molecule has 1 aromatic rings. The molecule has 3 N–H and O–H groups in total. The van der Waals surface area contributed by atoms with Crippen LogP contribution in [0.15, 0.2) is 29.8 Å². The maximum atomic E-state index is 12.1. The number of carbonyl (C=O) groups excluding carboxylic acids is 1. The van der Waals surface area contributed by atoms with Gasteiger partial charge < -0.3 is 15.8 Å². The van der Waals surface area contributed by atoms with E-state index in [9.17, 15) is 4.79 Å². The molecule has 0 aliphatic heterocycles. The number of nitrogen functional groups attached to an aromatic ring is 1. The summed E-state index contributed by atoms with van der Waals surface area (Å²) in [6, 6.07) is 5.57. The van der Waals surface area contributed by atoms with E-state index in [2.05, 4.69) is 11.4 Å². The van der Waals surface area contributed by atoms with E-state index in [-0.39, 0.29) is 5.91 Å². The molecule has 0 spiro atoms. The van der Waals surface area contributed by atoms with E-state index in [1.807, 2.05) is 19.1 Å². The molecular formula is C18H26N2O2. The predicted octanol–water partition coefficient (Wildman–Crippen LogP) is 3.35. The minimum atomic E-state index is -0.551. The van der Waals surface area contributed by atoms with Crippen molar-refractivity contribution in [1.29, 1.82) is 0 Å². The average Bonchev–Trinajstić information content (AvgIpc) is 2.51. The van der Waals surface area contributed by atoms with Crippen molar-refractivity contribution in [3.05, 3.63) is 35.4 Å². The van der Waals surface area contributed by atoms with Crippen LogP contribution in [0, 0.1) is 6.92 Å². The Morgan fingerprint density at radius 2 is 2.23 bits per heavy atom. The SMILES string of the molecule is Cc1ccc(OC(C)C(=O)NCCC2=CCCCC2)c(N)c1. The van der Waals surface area contributed by atoms with Crippen molar-refractivity contribution in [3.8, 4) is 5.75 Å². The van der Waals surface area contributed by atoms with E-state index in [1.165, 1.54) is 31.3 Å². The Morgan fingerprint density at radius 1 is 1.41 bits per heavy atom. The molecule has 0 heterocycles. The topological polar surface area (TPSA) is 64.3 Å². The molecular weight excluding hydrogens is 276 g/mol. The number of amides is 1. The highest BCUT2D eigenvalue weighted by molar-refractivity contribution is 5.80. The maximum Gasteiger partial charge on any atom is 0.260 e. The monoisotopic (exact) mass is 302 g/mol. The van der Waals surface area contributed by atoms with Crippen molar-refractivity contribution in [2.24, 2.45) is 0 Å². The summed E-state index contributed by atoms with van der Waals surface area (Å²) in [5, 5.41) is 2.94. The van der Waals surface area contributed by atoms with E-state index in [4.69, 9.17) is 10.5 Å². The summed E-state index contributed by atoms with van der Waals surface area (Å²) in [7, 11) is 0. The van der Waals surface area contributed by atoms with Gasteiger partial charge in [-0.25, -0.2) is 0 Å². The highest BCUT2D eigenvalue weighted by atomic mass is 16.5. The van der Waals surface area contributed by atoms with Crippen LogP contribution in [-0.2, 0) is 4.79 Å². The standard InChI is InChI=1S/C18H26N2O2/c1-13-8-9-17(16(19)12-13)22-14(2)18(21)20-11-10-15-6-4-3-5-7-15/h6,8-9,12,14H,3-5,7,10-11,19H2,1-2H3,(H,20,21). The lowest BCUT2D eigenvalue weighted by Crippen LogP contribution is -2.37. The van der Waals surface area contributed by atoms with Crippen LogP contribution in [0.5, 0.6) is 5.75 Å². The van der Waals surface area contributed by atoms with Crippen molar-refractivity contribution in [3.63, 3.8) is 0 Å². The zero-order chi connectivity index (χ0) is 15.9. The van der Waals surface area contributed by atoms with Crippen LogP contribution in [0.25, 0.3) is 0 Å². The van der Waals surface area contributed by atoms with Crippen molar-refractivity contribution >= 4 is 11.6 Å². The number of anilines is 1. The molecule has 22 heavy (non-hydrogen) atoms. The molecule has 1 atom stereocenters. The fraction of sp³-hybridized carbons (Fsp3) is 0.500. The highest BCUT2D eigenvalue weighted by Gasteiger charge is 2.15. The second-order valence-corrected chi connectivity index (χ2v) is 5.95. The summed E-state index contributed by atoms with van der Waals surface area (Å²) in [4.78, 5) is 12.1. The van der Waals surface area contributed by atoms with Crippen molar-refractivity contribution in [2.45, 2.75) is 52.1 Å². The van der Waals surface area contributed by atoms with Crippen LogP contribution >= 0.6 is 0 Å². The second-order valence-electron chi connectivity index (χ2n) is 5.95. The number of hydrogen-bond acceptors (Lipinski definition) is 3. The molecule has 1 unspecified atom stereocenters. The molecule has 1 aromatic carbocycles. The van der Waals surface area contributed by atoms with Crippen LogP contribution < -0.4 is 15.8 Å². The normalized spacial score (nSPS) is 15.8. The van der Waals surface area contributed by atoms with Gasteiger partial charge in [-0.2, -0.15) is 0 Å². The third-order valence-electron chi connectivity index (χ3n) is 3.97. The first-order chi connectivity index (χ1) is 10.6.